The predicted molar refractivity (Wildman–Crippen MR) is 95.5 cm³/mol. The molecule has 1 aliphatic carbocycles. The predicted octanol–water partition coefficient (Wildman–Crippen LogP) is 4.44. The molecule has 0 bridgehead atoms. The SMILES string of the molecule is CC(C)c1ccc(CN(c2ccc3nnc(C(F)(F)F)n3n2)C2CC2)cc1. The number of aromatic nitrogens is 4. The van der Waals surface area contributed by atoms with E-state index in [0.29, 0.717) is 24.3 Å². The van der Waals surface area contributed by atoms with Crippen molar-refractivity contribution in [2.45, 2.75) is 51.4 Å². The van der Waals surface area contributed by atoms with Crippen LogP contribution in [0.3, 0.4) is 0 Å². The Morgan fingerprint density at radius 1 is 1.07 bits per heavy atom. The zero-order valence-electron chi connectivity index (χ0n) is 15.1. The largest absolute Gasteiger partial charge is 0.453 e. The van der Waals surface area contributed by atoms with Gasteiger partial charge in [0.1, 0.15) is 5.82 Å². The van der Waals surface area contributed by atoms with Gasteiger partial charge in [0.2, 0.25) is 0 Å². The lowest BCUT2D eigenvalue weighted by atomic mass is 10.0. The summed E-state index contributed by atoms with van der Waals surface area (Å²) in [5.74, 6) is -0.142. The minimum Gasteiger partial charge on any atom is -0.348 e. The molecule has 1 fully saturated rings. The molecular formula is C19H20F3N5. The summed E-state index contributed by atoms with van der Waals surface area (Å²) in [6.07, 6.45) is -2.57. The van der Waals surface area contributed by atoms with Gasteiger partial charge in [-0.2, -0.15) is 17.7 Å². The first-order valence-corrected chi connectivity index (χ1v) is 8.98. The zero-order chi connectivity index (χ0) is 19.2. The van der Waals surface area contributed by atoms with E-state index >= 15 is 0 Å². The summed E-state index contributed by atoms with van der Waals surface area (Å²) in [4.78, 5) is 2.06. The first kappa shape index (κ1) is 17.8. The van der Waals surface area contributed by atoms with Crippen LogP contribution in [0.1, 0.15) is 49.6 Å². The Balaban J connectivity index is 1.66. The van der Waals surface area contributed by atoms with Crippen LogP contribution >= 0.6 is 0 Å². The normalized spacial score (nSPS) is 14.9. The number of hydrogen-bond acceptors (Lipinski definition) is 4. The van der Waals surface area contributed by atoms with Gasteiger partial charge >= 0.3 is 6.18 Å². The minimum absolute atomic E-state index is 0.0862. The lowest BCUT2D eigenvalue weighted by Gasteiger charge is -2.24. The van der Waals surface area contributed by atoms with E-state index in [9.17, 15) is 13.2 Å². The third-order valence-electron chi connectivity index (χ3n) is 4.78. The second-order valence-electron chi connectivity index (χ2n) is 7.24. The highest BCUT2D eigenvalue weighted by Crippen LogP contribution is 2.33. The van der Waals surface area contributed by atoms with Crippen LogP contribution in [-0.2, 0) is 12.7 Å². The molecule has 0 atom stereocenters. The van der Waals surface area contributed by atoms with Crippen LogP contribution in [0.5, 0.6) is 0 Å². The lowest BCUT2D eigenvalue weighted by molar-refractivity contribution is -0.146. The molecule has 0 aliphatic heterocycles. The summed E-state index contributed by atoms with van der Waals surface area (Å²) in [5, 5.41) is 11.0. The van der Waals surface area contributed by atoms with E-state index < -0.39 is 12.0 Å². The fraction of sp³-hybridized carbons (Fsp3) is 0.421. The van der Waals surface area contributed by atoms with Crippen LogP contribution in [-0.4, -0.2) is 25.9 Å². The Labute approximate surface area is 154 Å². The number of rotatable bonds is 5. The molecule has 0 spiro atoms. The summed E-state index contributed by atoms with van der Waals surface area (Å²) in [6, 6.07) is 11.9. The van der Waals surface area contributed by atoms with E-state index in [4.69, 9.17) is 0 Å². The molecule has 3 aromatic rings. The summed E-state index contributed by atoms with van der Waals surface area (Å²) in [7, 11) is 0. The first-order chi connectivity index (χ1) is 12.8. The van der Waals surface area contributed by atoms with Crippen LogP contribution in [0.2, 0.25) is 0 Å². The Bertz CT molecular complexity index is 942. The molecular weight excluding hydrogens is 355 g/mol. The molecule has 0 saturated heterocycles. The summed E-state index contributed by atoms with van der Waals surface area (Å²) < 4.78 is 40.2. The number of alkyl halides is 3. The van der Waals surface area contributed by atoms with E-state index in [2.05, 4.69) is 58.3 Å². The summed E-state index contributed by atoms with van der Waals surface area (Å²) >= 11 is 0. The fourth-order valence-corrected chi connectivity index (χ4v) is 3.10. The van der Waals surface area contributed by atoms with Crippen LogP contribution < -0.4 is 4.90 Å². The van der Waals surface area contributed by atoms with Gasteiger partial charge in [0.25, 0.3) is 5.82 Å². The second-order valence-corrected chi connectivity index (χ2v) is 7.24. The number of nitrogens with zero attached hydrogens (tertiary/aromatic N) is 5. The first-order valence-electron chi connectivity index (χ1n) is 8.98. The third kappa shape index (κ3) is 3.61. The van der Waals surface area contributed by atoms with Gasteiger partial charge < -0.3 is 4.90 Å². The van der Waals surface area contributed by atoms with Crippen molar-refractivity contribution >= 4 is 11.5 Å². The number of halogens is 3. The number of hydrogen-bond donors (Lipinski definition) is 0. The highest BCUT2D eigenvalue weighted by Gasteiger charge is 2.38. The maximum atomic E-state index is 13.1. The Kier molecular flexibility index (Phi) is 4.28. The van der Waals surface area contributed by atoms with Crippen molar-refractivity contribution in [3.63, 3.8) is 0 Å². The molecule has 0 N–H and O–H groups in total. The van der Waals surface area contributed by atoms with Crippen molar-refractivity contribution in [3.05, 3.63) is 53.3 Å². The van der Waals surface area contributed by atoms with E-state index in [1.54, 1.807) is 6.07 Å². The summed E-state index contributed by atoms with van der Waals surface area (Å²) in [5.41, 5.74) is 2.45. The van der Waals surface area contributed by atoms with Crippen LogP contribution in [0, 0.1) is 0 Å². The van der Waals surface area contributed by atoms with Gasteiger partial charge in [-0.15, -0.1) is 15.3 Å². The Morgan fingerprint density at radius 2 is 1.78 bits per heavy atom. The van der Waals surface area contributed by atoms with Crippen molar-refractivity contribution in [2.24, 2.45) is 0 Å². The number of anilines is 1. The average Bonchev–Trinajstić information content (AvgIpc) is 3.36. The molecule has 0 radical (unpaired) electrons. The molecule has 142 valence electrons. The monoisotopic (exact) mass is 375 g/mol. The van der Waals surface area contributed by atoms with Gasteiger partial charge in [-0.25, -0.2) is 0 Å². The highest BCUT2D eigenvalue weighted by atomic mass is 19.4. The van der Waals surface area contributed by atoms with Crippen molar-refractivity contribution in [2.75, 3.05) is 4.90 Å². The van der Waals surface area contributed by atoms with Crippen molar-refractivity contribution < 1.29 is 13.2 Å². The van der Waals surface area contributed by atoms with Crippen LogP contribution in [0.4, 0.5) is 19.0 Å². The molecule has 2 heterocycles. The molecule has 0 unspecified atom stereocenters. The van der Waals surface area contributed by atoms with Gasteiger partial charge in [0.05, 0.1) is 0 Å². The van der Waals surface area contributed by atoms with Crippen molar-refractivity contribution in [1.82, 2.24) is 19.8 Å². The number of fused-ring (bicyclic) bond motifs is 1. The molecule has 4 rings (SSSR count). The average molecular weight is 375 g/mol. The van der Waals surface area contributed by atoms with E-state index in [1.807, 2.05) is 0 Å². The molecule has 8 heteroatoms. The van der Waals surface area contributed by atoms with Crippen LogP contribution in [0.15, 0.2) is 36.4 Å². The topological polar surface area (TPSA) is 46.3 Å². The van der Waals surface area contributed by atoms with E-state index in [-0.39, 0.29) is 5.65 Å². The molecule has 0 amide bonds. The maximum Gasteiger partial charge on any atom is 0.453 e. The molecule has 1 aromatic carbocycles. The maximum absolute atomic E-state index is 13.1. The Hall–Kier alpha value is -2.64. The molecule has 5 nitrogen and oxygen atoms in total. The minimum atomic E-state index is -4.60. The zero-order valence-corrected chi connectivity index (χ0v) is 15.1. The molecule has 27 heavy (non-hydrogen) atoms. The van der Waals surface area contributed by atoms with Gasteiger partial charge in [-0.1, -0.05) is 38.1 Å². The standard InChI is InChI=1S/C19H20F3N5/c1-12(2)14-5-3-13(4-6-14)11-26(15-7-8-15)17-10-9-16-23-24-18(19(20,21)22)27(16)25-17/h3-6,9-10,12,15H,7-8,11H2,1-2H3. The number of benzene rings is 1. The molecule has 1 aliphatic rings. The van der Waals surface area contributed by atoms with Gasteiger partial charge in [0.15, 0.2) is 5.65 Å². The Morgan fingerprint density at radius 3 is 2.37 bits per heavy atom. The van der Waals surface area contributed by atoms with E-state index in [0.717, 1.165) is 22.9 Å². The third-order valence-corrected chi connectivity index (χ3v) is 4.78. The second kappa shape index (κ2) is 6.51. The van der Waals surface area contributed by atoms with Crippen LogP contribution in [0.25, 0.3) is 5.65 Å². The van der Waals surface area contributed by atoms with Gasteiger partial charge in [-0.3, -0.25) is 0 Å². The lowest BCUT2D eigenvalue weighted by Crippen LogP contribution is -2.27. The van der Waals surface area contributed by atoms with Gasteiger partial charge in [-0.05, 0) is 42.0 Å². The van der Waals surface area contributed by atoms with E-state index in [1.165, 1.54) is 11.6 Å². The van der Waals surface area contributed by atoms with Gasteiger partial charge in [0, 0.05) is 12.6 Å². The fourth-order valence-electron chi connectivity index (χ4n) is 3.10. The molecule has 2 aromatic heterocycles. The molecule has 1 saturated carbocycles. The quantitative estimate of drug-likeness (QED) is 0.662. The summed E-state index contributed by atoms with van der Waals surface area (Å²) in [6.45, 7) is 4.88. The highest BCUT2D eigenvalue weighted by molar-refractivity contribution is 5.48. The smallest absolute Gasteiger partial charge is 0.348 e. The van der Waals surface area contributed by atoms with Crippen molar-refractivity contribution in [1.29, 1.82) is 0 Å². The van der Waals surface area contributed by atoms with Crippen molar-refractivity contribution in [3.8, 4) is 0 Å².